The lowest BCUT2D eigenvalue weighted by Gasteiger charge is -2.34. The zero-order valence-electron chi connectivity index (χ0n) is 27.7. The zero-order valence-corrected chi connectivity index (χ0v) is 27.7. The number of likely N-dealkylation sites (N-methyl/N-ethyl adjacent to an activating group) is 1. The third-order valence-corrected chi connectivity index (χ3v) is 9.74. The van der Waals surface area contributed by atoms with Crippen LogP contribution in [0.15, 0.2) is 73.1 Å². The van der Waals surface area contributed by atoms with E-state index in [-0.39, 0.29) is 18.4 Å². The molecule has 2 saturated heterocycles. The summed E-state index contributed by atoms with van der Waals surface area (Å²) >= 11 is 0. The number of nitrogens with one attached hydrogen (secondary N) is 4. The number of carbonyl (C=O) groups is 1. The number of pyridine rings is 1. The summed E-state index contributed by atoms with van der Waals surface area (Å²) in [6.45, 7) is 5.15. The number of nitrogens with zero attached hydrogens (tertiary/aromatic N) is 4. The fraction of sp³-hybridized carbons (Fsp3) is 0.289. The fourth-order valence-electron chi connectivity index (χ4n) is 6.99. The Bertz CT molecular complexity index is 2160. The third kappa shape index (κ3) is 6.64. The minimum absolute atomic E-state index is 0.192. The number of H-pyrrole nitrogens is 2. The molecular weight excluding hydrogens is 638 g/mol. The highest BCUT2D eigenvalue weighted by Gasteiger charge is 2.23. The van der Waals surface area contributed by atoms with Crippen LogP contribution in [0.1, 0.15) is 34.3 Å². The molecule has 256 valence electrons. The van der Waals surface area contributed by atoms with Crippen LogP contribution in [-0.4, -0.2) is 83.5 Å². The van der Waals surface area contributed by atoms with Crippen LogP contribution in [0.2, 0.25) is 0 Å². The van der Waals surface area contributed by atoms with Gasteiger partial charge in [-0.15, -0.1) is 0 Å². The van der Waals surface area contributed by atoms with Crippen LogP contribution in [0, 0.1) is 11.6 Å². The fourth-order valence-corrected chi connectivity index (χ4v) is 6.99. The Kier molecular flexibility index (Phi) is 8.63. The molecule has 0 atom stereocenters. The Balaban J connectivity index is 1.14. The van der Waals surface area contributed by atoms with Gasteiger partial charge in [-0.05, 0) is 97.6 Å². The van der Waals surface area contributed by atoms with Crippen molar-refractivity contribution < 1.29 is 18.3 Å². The summed E-state index contributed by atoms with van der Waals surface area (Å²) in [6.07, 6.45) is 5.56. The Hall–Kier alpha value is -5.33. The smallest absolute Gasteiger partial charge is 0.258 e. The van der Waals surface area contributed by atoms with E-state index in [4.69, 9.17) is 4.74 Å². The van der Waals surface area contributed by atoms with Crippen LogP contribution in [-0.2, 0) is 11.2 Å². The van der Waals surface area contributed by atoms with Crippen LogP contribution >= 0.6 is 0 Å². The van der Waals surface area contributed by atoms with Crippen LogP contribution in [0.25, 0.3) is 33.1 Å². The molecule has 4 N–H and O–H groups in total. The predicted molar refractivity (Wildman–Crippen MR) is 192 cm³/mol. The van der Waals surface area contributed by atoms with Gasteiger partial charge in [-0.2, -0.15) is 5.10 Å². The maximum Gasteiger partial charge on any atom is 0.258 e. The molecule has 3 aromatic carbocycles. The van der Waals surface area contributed by atoms with Crippen molar-refractivity contribution in [3.63, 3.8) is 0 Å². The second-order valence-electron chi connectivity index (χ2n) is 13.2. The first-order chi connectivity index (χ1) is 24.4. The average Bonchev–Trinajstić information content (AvgIpc) is 3.74. The van der Waals surface area contributed by atoms with Crippen molar-refractivity contribution in [3.8, 4) is 11.1 Å². The van der Waals surface area contributed by atoms with Gasteiger partial charge in [0.15, 0.2) is 5.82 Å². The number of hydrogen-bond acceptors (Lipinski definition) is 7. The van der Waals surface area contributed by atoms with E-state index in [2.05, 4.69) is 53.7 Å². The number of anilines is 3. The van der Waals surface area contributed by atoms with Gasteiger partial charge >= 0.3 is 0 Å². The second kappa shape index (κ2) is 13.5. The average molecular weight is 677 g/mol. The van der Waals surface area contributed by atoms with Gasteiger partial charge in [0.05, 0.1) is 11.1 Å². The number of carbonyl (C=O) groups excluding carboxylic acids is 1. The van der Waals surface area contributed by atoms with E-state index in [9.17, 15) is 13.6 Å². The molecule has 6 aromatic rings. The molecule has 0 bridgehead atoms. The number of rotatable bonds is 8. The van der Waals surface area contributed by atoms with Crippen molar-refractivity contribution in [2.45, 2.75) is 25.3 Å². The van der Waals surface area contributed by atoms with E-state index in [1.54, 1.807) is 6.20 Å². The van der Waals surface area contributed by atoms with Gasteiger partial charge in [0.2, 0.25) is 0 Å². The molecule has 1 amide bonds. The van der Waals surface area contributed by atoms with Crippen LogP contribution in [0.3, 0.4) is 0 Å². The van der Waals surface area contributed by atoms with Crippen LogP contribution < -0.4 is 15.5 Å². The van der Waals surface area contributed by atoms with Crippen molar-refractivity contribution in [1.82, 2.24) is 25.1 Å². The molecule has 2 aliphatic rings. The van der Waals surface area contributed by atoms with Gasteiger partial charge in [0.25, 0.3) is 5.91 Å². The molecule has 8 rings (SSSR count). The zero-order chi connectivity index (χ0) is 34.2. The maximum atomic E-state index is 14.3. The van der Waals surface area contributed by atoms with Crippen molar-refractivity contribution in [3.05, 3.63) is 101 Å². The van der Waals surface area contributed by atoms with E-state index < -0.39 is 11.6 Å². The number of hydrogen-bond donors (Lipinski definition) is 4. The van der Waals surface area contributed by atoms with E-state index in [1.807, 2.05) is 42.6 Å². The molecule has 10 nitrogen and oxygen atoms in total. The Morgan fingerprint density at radius 2 is 1.78 bits per heavy atom. The van der Waals surface area contributed by atoms with Crippen molar-refractivity contribution in [1.29, 1.82) is 0 Å². The highest BCUT2D eigenvalue weighted by molar-refractivity contribution is 6.11. The number of benzene rings is 3. The molecule has 2 fully saturated rings. The number of piperazine rings is 1. The number of ether oxygens (including phenoxy) is 1. The first kappa shape index (κ1) is 31.9. The van der Waals surface area contributed by atoms with Gasteiger partial charge < -0.3 is 30.2 Å². The number of halogens is 2. The number of fused-ring (bicyclic) bond motifs is 2. The van der Waals surface area contributed by atoms with E-state index in [0.29, 0.717) is 41.1 Å². The molecule has 0 aliphatic carbocycles. The summed E-state index contributed by atoms with van der Waals surface area (Å²) in [7, 11) is 2.13. The highest BCUT2D eigenvalue weighted by Crippen LogP contribution is 2.34. The second-order valence-corrected chi connectivity index (χ2v) is 13.2. The quantitative estimate of drug-likeness (QED) is 0.144. The normalized spacial score (nSPS) is 15.9. The van der Waals surface area contributed by atoms with Gasteiger partial charge in [-0.3, -0.25) is 9.89 Å². The van der Waals surface area contributed by atoms with Crippen molar-refractivity contribution in [2.24, 2.45) is 0 Å². The topological polar surface area (TPSA) is 114 Å². The maximum absolute atomic E-state index is 14.3. The largest absolute Gasteiger partial charge is 0.381 e. The summed E-state index contributed by atoms with van der Waals surface area (Å²) in [5.41, 5.74) is 6.79. The third-order valence-electron chi connectivity index (χ3n) is 9.74. The van der Waals surface area contributed by atoms with Crippen molar-refractivity contribution >= 4 is 45.0 Å². The summed E-state index contributed by atoms with van der Waals surface area (Å²) in [5, 5.41) is 15.9. The van der Waals surface area contributed by atoms with Crippen molar-refractivity contribution in [2.75, 3.05) is 62.0 Å². The van der Waals surface area contributed by atoms with Gasteiger partial charge in [0.1, 0.15) is 17.3 Å². The summed E-state index contributed by atoms with van der Waals surface area (Å²) < 4.78 is 34.1. The Labute approximate surface area is 287 Å². The van der Waals surface area contributed by atoms with Gasteiger partial charge in [-0.1, -0.05) is 0 Å². The number of aromatic amines is 2. The monoisotopic (exact) mass is 676 g/mol. The number of amides is 1. The first-order valence-electron chi connectivity index (χ1n) is 17.0. The standard InChI is InChI=1S/C38H38F2N8O2/c1-47-8-10-48(11-9-47)30-2-3-31(34(20-30)43-29-5-12-50-13-6-29)38(49)44-37-33-18-25(14-23-15-27(39)19-28(40)16-23)32(21-35(33)45-46-37)26-17-24-4-7-41-36(24)42-22-26/h2-4,7,15-22,29,43H,5-6,8-14H2,1H3,(H,41,42)(H2,44,45,46,49). The number of aromatic nitrogens is 4. The lowest BCUT2D eigenvalue weighted by Crippen LogP contribution is -2.44. The van der Waals surface area contributed by atoms with Crippen LogP contribution in [0.5, 0.6) is 0 Å². The molecule has 0 spiro atoms. The molecular formula is C38H38F2N8O2. The summed E-state index contributed by atoms with van der Waals surface area (Å²) in [4.78, 5) is 26.4. The Morgan fingerprint density at radius 3 is 2.58 bits per heavy atom. The van der Waals surface area contributed by atoms with E-state index >= 15 is 0 Å². The first-order valence-corrected chi connectivity index (χ1v) is 17.0. The molecule has 0 saturated carbocycles. The minimum Gasteiger partial charge on any atom is -0.381 e. The van der Waals surface area contributed by atoms with Gasteiger partial charge in [-0.25, -0.2) is 13.8 Å². The highest BCUT2D eigenvalue weighted by atomic mass is 19.1. The molecule has 50 heavy (non-hydrogen) atoms. The lowest BCUT2D eigenvalue weighted by molar-refractivity contribution is 0.0904. The van der Waals surface area contributed by atoms with E-state index in [1.165, 1.54) is 12.1 Å². The summed E-state index contributed by atoms with van der Waals surface area (Å²) in [5.74, 6) is -1.21. The minimum atomic E-state index is -0.641. The predicted octanol–water partition coefficient (Wildman–Crippen LogP) is 6.57. The molecule has 3 aromatic heterocycles. The lowest BCUT2D eigenvalue weighted by atomic mass is 9.93. The SMILES string of the molecule is CN1CCN(c2ccc(C(=O)Nc3n[nH]c4cc(-c5cnc6[nH]ccc6c5)c(Cc5cc(F)cc(F)c5)cc34)c(NC3CCOCC3)c2)CC1. The Morgan fingerprint density at radius 1 is 0.980 bits per heavy atom. The molecule has 0 radical (unpaired) electrons. The van der Waals surface area contributed by atoms with E-state index in [0.717, 1.165) is 84.2 Å². The molecule has 5 heterocycles. The van der Waals surface area contributed by atoms with Gasteiger partial charge in [0, 0.05) is 91.6 Å². The summed E-state index contributed by atoms with van der Waals surface area (Å²) in [6, 6.07) is 17.5. The molecule has 2 aliphatic heterocycles. The molecule has 0 unspecified atom stereocenters. The van der Waals surface area contributed by atoms with Crippen LogP contribution in [0.4, 0.5) is 26.0 Å². The molecule has 12 heteroatoms.